The number of amides is 1. The molecular weight excluding hydrogens is 368 g/mol. The van der Waals surface area contributed by atoms with Gasteiger partial charge in [-0.05, 0) is 60.0 Å². The topological polar surface area (TPSA) is 91.7 Å². The summed E-state index contributed by atoms with van der Waals surface area (Å²) in [6.07, 6.45) is 5.39. The van der Waals surface area contributed by atoms with Crippen LogP contribution in [0.15, 0.2) is 72.9 Å². The van der Waals surface area contributed by atoms with Gasteiger partial charge in [-0.3, -0.25) is 9.78 Å². The number of phenols is 2. The SMILES string of the molecule is O=C(/C=C/c1ccc(O)c(O)c1)NCCc1ccc(OCc2ccccn2)cc1. The molecule has 0 atom stereocenters. The molecule has 29 heavy (non-hydrogen) atoms. The maximum atomic E-state index is 11.9. The van der Waals surface area contributed by atoms with E-state index in [1.807, 2.05) is 42.5 Å². The number of phenolic OH excluding ortho intramolecular Hbond substituents is 2. The number of rotatable bonds is 8. The van der Waals surface area contributed by atoms with Crippen LogP contribution in [0.3, 0.4) is 0 Å². The molecule has 0 bridgehead atoms. The Morgan fingerprint density at radius 1 is 1.03 bits per heavy atom. The van der Waals surface area contributed by atoms with E-state index in [4.69, 9.17) is 4.74 Å². The molecule has 0 aliphatic carbocycles. The molecule has 1 amide bonds. The Bertz CT molecular complexity index is 970. The van der Waals surface area contributed by atoms with Gasteiger partial charge < -0.3 is 20.3 Å². The van der Waals surface area contributed by atoms with Crippen molar-refractivity contribution in [2.45, 2.75) is 13.0 Å². The Labute approximate surface area is 169 Å². The molecule has 6 nitrogen and oxygen atoms in total. The van der Waals surface area contributed by atoms with Crippen molar-refractivity contribution in [1.29, 1.82) is 0 Å². The minimum Gasteiger partial charge on any atom is -0.504 e. The summed E-state index contributed by atoms with van der Waals surface area (Å²) in [4.78, 5) is 16.1. The Hall–Kier alpha value is -3.80. The molecule has 2 aromatic carbocycles. The zero-order chi connectivity index (χ0) is 20.5. The fourth-order valence-electron chi connectivity index (χ4n) is 2.60. The highest BCUT2D eigenvalue weighted by molar-refractivity contribution is 5.91. The molecule has 6 heteroatoms. The van der Waals surface area contributed by atoms with Gasteiger partial charge in [-0.1, -0.05) is 24.3 Å². The molecule has 0 unspecified atom stereocenters. The van der Waals surface area contributed by atoms with Gasteiger partial charge in [-0.25, -0.2) is 0 Å². The number of benzene rings is 2. The fourth-order valence-corrected chi connectivity index (χ4v) is 2.60. The van der Waals surface area contributed by atoms with Crippen LogP contribution in [0.2, 0.25) is 0 Å². The first-order chi connectivity index (χ1) is 14.1. The lowest BCUT2D eigenvalue weighted by atomic mass is 10.1. The average Bonchev–Trinajstić information content (AvgIpc) is 2.75. The number of hydrogen-bond donors (Lipinski definition) is 3. The number of aromatic nitrogens is 1. The van der Waals surface area contributed by atoms with E-state index >= 15 is 0 Å². The van der Waals surface area contributed by atoms with Crippen molar-refractivity contribution >= 4 is 12.0 Å². The van der Waals surface area contributed by atoms with Gasteiger partial charge in [-0.15, -0.1) is 0 Å². The molecule has 0 aliphatic heterocycles. The van der Waals surface area contributed by atoms with Gasteiger partial charge in [-0.2, -0.15) is 0 Å². The standard InChI is InChI=1S/C23H22N2O4/c26-21-10-6-18(15-22(21)27)7-11-23(28)25-14-12-17-4-8-20(9-5-17)29-16-19-3-1-2-13-24-19/h1-11,13,15,26-27H,12,14,16H2,(H,25,28)/b11-7+. The van der Waals surface area contributed by atoms with Crippen LogP contribution >= 0.6 is 0 Å². The summed E-state index contributed by atoms with van der Waals surface area (Å²) in [5.74, 6) is 0.121. The Morgan fingerprint density at radius 2 is 1.86 bits per heavy atom. The zero-order valence-electron chi connectivity index (χ0n) is 15.8. The minimum absolute atomic E-state index is 0.195. The fraction of sp³-hybridized carbons (Fsp3) is 0.130. The molecule has 3 aromatic rings. The number of nitrogens with zero attached hydrogens (tertiary/aromatic N) is 1. The molecule has 0 fully saturated rings. The van der Waals surface area contributed by atoms with Gasteiger partial charge in [0.1, 0.15) is 12.4 Å². The predicted octanol–water partition coefficient (Wildman–Crippen LogP) is 3.44. The summed E-state index contributed by atoms with van der Waals surface area (Å²) in [7, 11) is 0. The van der Waals surface area contributed by atoms with Crippen molar-refractivity contribution in [1.82, 2.24) is 10.3 Å². The molecule has 0 aliphatic rings. The Balaban J connectivity index is 1.41. The normalized spacial score (nSPS) is 10.8. The lowest BCUT2D eigenvalue weighted by Crippen LogP contribution is -2.23. The summed E-state index contributed by atoms with van der Waals surface area (Å²) < 4.78 is 5.70. The highest BCUT2D eigenvalue weighted by Crippen LogP contribution is 2.25. The summed E-state index contributed by atoms with van der Waals surface area (Å²) in [6.45, 7) is 0.916. The molecule has 0 saturated carbocycles. The second-order valence-electron chi connectivity index (χ2n) is 6.38. The number of carbonyl (C=O) groups excluding carboxylic acids is 1. The van der Waals surface area contributed by atoms with E-state index in [1.165, 1.54) is 18.2 Å². The van der Waals surface area contributed by atoms with Crippen molar-refractivity contribution < 1.29 is 19.7 Å². The van der Waals surface area contributed by atoms with E-state index in [0.29, 0.717) is 25.1 Å². The van der Waals surface area contributed by atoms with Gasteiger partial charge in [0.15, 0.2) is 11.5 Å². The highest BCUT2D eigenvalue weighted by Gasteiger charge is 2.01. The first kappa shape index (κ1) is 19.9. The van der Waals surface area contributed by atoms with Crippen LogP contribution in [-0.4, -0.2) is 27.6 Å². The molecule has 3 N–H and O–H groups in total. The minimum atomic E-state index is -0.229. The molecule has 148 valence electrons. The van der Waals surface area contributed by atoms with Crippen molar-refractivity contribution in [3.05, 3.63) is 89.8 Å². The van der Waals surface area contributed by atoms with Crippen LogP contribution in [0.4, 0.5) is 0 Å². The van der Waals surface area contributed by atoms with E-state index in [0.717, 1.165) is 17.0 Å². The van der Waals surface area contributed by atoms with E-state index in [2.05, 4.69) is 10.3 Å². The predicted molar refractivity (Wildman–Crippen MR) is 111 cm³/mol. The van der Waals surface area contributed by atoms with Gasteiger partial charge in [0.2, 0.25) is 5.91 Å². The quantitative estimate of drug-likeness (QED) is 0.405. The Morgan fingerprint density at radius 3 is 2.59 bits per heavy atom. The van der Waals surface area contributed by atoms with Crippen molar-refractivity contribution in [3.8, 4) is 17.2 Å². The van der Waals surface area contributed by atoms with Crippen molar-refractivity contribution in [2.24, 2.45) is 0 Å². The third kappa shape index (κ3) is 6.39. The molecule has 0 saturated heterocycles. The van der Waals surface area contributed by atoms with Crippen molar-refractivity contribution in [2.75, 3.05) is 6.54 Å². The summed E-state index contributed by atoms with van der Waals surface area (Å²) in [6, 6.07) is 17.8. The number of ether oxygens (including phenoxy) is 1. The monoisotopic (exact) mass is 390 g/mol. The second-order valence-corrected chi connectivity index (χ2v) is 6.38. The number of carbonyl (C=O) groups is 1. The van der Waals surface area contributed by atoms with Crippen LogP contribution in [0.5, 0.6) is 17.2 Å². The third-order valence-electron chi connectivity index (χ3n) is 4.18. The van der Waals surface area contributed by atoms with Gasteiger partial charge in [0.25, 0.3) is 0 Å². The molecule has 1 heterocycles. The molecule has 0 spiro atoms. The third-order valence-corrected chi connectivity index (χ3v) is 4.18. The van der Waals surface area contributed by atoms with Crippen LogP contribution in [0.25, 0.3) is 6.08 Å². The highest BCUT2D eigenvalue weighted by atomic mass is 16.5. The van der Waals surface area contributed by atoms with Crippen LogP contribution in [0, 0.1) is 0 Å². The van der Waals surface area contributed by atoms with E-state index in [1.54, 1.807) is 18.3 Å². The first-order valence-corrected chi connectivity index (χ1v) is 9.20. The van der Waals surface area contributed by atoms with Gasteiger partial charge >= 0.3 is 0 Å². The number of aromatic hydroxyl groups is 2. The maximum Gasteiger partial charge on any atom is 0.244 e. The molecule has 1 aromatic heterocycles. The summed E-state index contributed by atoms with van der Waals surface area (Å²) >= 11 is 0. The smallest absolute Gasteiger partial charge is 0.244 e. The number of hydrogen-bond acceptors (Lipinski definition) is 5. The number of pyridine rings is 1. The molecule has 3 rings (SSSR count). The van der Waals surface area contributed by atoms with E-state index < -0.39 is 0 Å². The van der Waals surface area contributed by atoms with Crippen LogP contribution in [-0.2, 0) is 17.8 Å². The summed E-state index contributed by atoms with van der Waals surface area (Å²) in [5, 5.41) is 21.5. The summed E-state index contributed by atoms with van der Waals surface area (Å²) in [5.41, 5.74) is 2.58. The van der Waals surface area contributed by atoms with Crippen molar-refractivity contribution in [3.63, 3.8) is 0 Å². The largest absolute Gasteiger partial charge is 0.504 e. The Kier molecular flexibility index (Phi) is 6.84. The molecular formula is C23H22N2O4. The van der Waals surface area contributed by atoms with E-state index in [-0.39, 0.29) is 17.4 Å². The lowest BCUT2D eigenvalue weighted by Gasteiger charge is -2.07. The lowest BCUT2D eigenvalue weighted by molar-refractivity contribution is -0.116. The zero-order valence-corrected chi connectivity index (χ0v) is 15.8. The number of nitrogens with one attached hydrogen (secondary N) is 1. The second kappa shape index (κ2) is 9.94. The maximum absolute atomic E-state index is 11.9. The van der Waals surface area contributed by atoms with Gasteiger partial charge in [0, 0.05) is 18.8 Å². The van der Waals surface area contributed by atoms with Crippen LogP contribution < -0.4 is 10.1 Å². The van der Waals surface area contributed by atoms with E-state index in [9.17, 15) is 15.0 Å². The average molecular weight is 390 g/mol. The van der Waals surface area contributed by atoms with Gasteiger partial charge in [0.05, 0.1) is 5.69 Å². The van der Waals surface area contributed by atoms with Crippen LogP contribution in [0.1, 0.15) is 16.8 Å². The molecule has 0 radical (unpaired) electrons. The first-order valence-electron chi connectivity index (χ1n) is 9.20.